The van der Waals surface area contributed by atoms with Crippen molar-refractivity contribution in [2.45, 2.75) is 90.3 Å². The molecule has 2 fully saturated rings. The van der Waals surface area contributed by atoms with Gasteiger partial charge < -0.3 is 9.47 Å². The van der Waals surface area contributed by atoms with Gasteiger partial charge in [0.1, 0.15) is 11.9 Å². The first-order valence-corrected chi connectivity index (χ1v) is 12.1. The quantitative estimate of drug-likeness (QED) is 0.376. The normalized spacial score (nSPS) is 27.0. The largest absolute Gasteiger partial charge is 0.348 e. The van der Waals surface area contributed by atoms with Crippen LogP contribution in [0.25, 0.3) is 0 Å². The molecule has 0 N–H and O–H groups in total. The lowest BCUT2D eigenvalue weighted by atomic mass is 9.77. The van der Waals surface area contributed by atoms with E-state index in [4.69, 9.17) is 14.7 Å². The minimum absolute atomic E-state index is 0.0543. The van der Waals surface area contributed by atoms with Crippen LogP contribution in [0.15, 0.2) is 18.2 Å². The highest BCUT2D eigenvalue weighted by Gasteiger charge is 2.26. The number of ether oxygens (including phenoxy) is 2. The fourth-order valence-electron chi connectivity index (χ4n) is 4.99. The van der Waals surface area contributed by atoms with Gasteiger partial charge in [-0.25, -0.2) is 4.39 Å². The van der Waals surface area contributed by atoms with E-state index in [0.29, 0.717) is 24.7 Å². The average molecular weight is 416 g/mol. The first-order valence-electron chi connectivity index (χ1n) is 12.1. The van der Waals surface area contributed by atoms with Gasteiger partial charge in [0.05, 0.1) is 18.8 Å². The van der Waals surface area contributed by atoms with Crippen molar-refractivity contribution in [2.24, 2.45) is 17.8 Å². The van der Waals surface area contributed by atoms with Crippen LogP contribution in [0.5, 0.6) is 0 Å². The molecule has 0 radical (unpaired) electrons. The monoisotopic (exact) mass is 415 g/mol. The number of unbranched alkanes of at least 4 members (excludes halogenated alkanes) is 4. The second kappa shape index (κ2) is 12.4. The van der Waals surface area contributed by atoms with Crippen molar-refractivity contribution in [3.63, 3.8) is 0 Å². The summed E-state index contributed by atoms with van der Waals surface area (Å²) in [6, 6.07) is 6.40. The number of benzene rings is 1. The molecule has 0 bridgehead atoms. The van der Waals surface area contributed by atoms with Gasteiger partial charge in [0.2, 0.25) is 0 Å². The Kier molecular flexibility index (Phi) is 9.62. The third-order valence-electron chi connectivity index (χ3n) is 7.02. The van der Waals surface area contributed by atoms with Crippen molar-refractivity contribution in [1.29, 1.82) is 5.26 Å². The summed E-state index contributed by atoms with van der Waals surface area (Å²) in [5.74, 6) is 1.76. The van der Waals surface area contributed by atoms with Crippen molar-refractivity contribution in [3.8, 4) is 6.07 Å². The summed E-state index contributed by atoms with van der Waals surface area (Å²) in [5.41, 5.74) is 0.705. The third kappa shape index (κ3) is 7.06. The highest BCUT2D eigenvalue weighted by Crippen LogP contribution is 2.36. The SMILES string of the molecule is CCCCCCC[C@H]1CC[C@H](CC[C@H]2CO[C@H](c3ccc(C#N)c(F)c3)OC2)CC1. The number of halogens is 1. The number of hydrogen-bond acceptors (Lipinski definition) is 3. The summed E-state index contributed by atoms with van der Waals surface area (Å²) in [6.07, 6.45) is 16.0. The summed E-state index contributed by atoms with van der Waals surface area (Å²) in [4.78, 5) is 0. The molecule has 1 aromatic carbocycles. The summed E-state index contributed by atoms with van der Waals surface area (Å²) < 4.78 is 25.5. The maximum Gasteiger partial charge on any atom is 0.183 e. The van der Waals surface area contributed by atoms with Crippen molar-refractivity contribution in [1.82, 2.24) is 0 Å². The second-order valence-corrected chi connectivity index (χ2v) is 9.38. The maximum atomic E-state index is 13.8. The van der Waals surface area contributed by atoms with Crippen LogP contribution in [-0.4, -0.2) is 13.2 Å². The zero-order chi connectivity index (χ0) is 21.2. The molecule has 1 aromatic rings. The molecule has 3 rings (SSSR count). The maximum absolute atomic E-state index is 13.8. The Labute approximate surface area is 182 Å². The van der Waals surface area contributed by atoms with Crippen LogP contribution < -0.4 is 0 Å². The molecule has 0 aromatic heterocycles. The van der Waals surface area contributed by atoms with Crippen LogP contribution in [0.2, 0.25) is 0 Å². The molecule has 1 aliphatic carbocycles. The third-order valence-corrected chi connectivity index (χ3v) is 7.02. The molecule has 1 saturated heterocycles. The number of nitrogens with zero attached hydrogens (tertiary/aromatic N) is 1. The Hall–Kier alpha value is -1.44. The molecular weight excluding hydrogens is 377 g/mol. The van der Waals surface area contributed by atoms with Gasteiger partial charge in [-0.05, 0) is 30.4 Å². The van der Waals surface area contributed by atoms with Gasteiger partial charge in [0, 0.05) is 11.5 Å². The van der Waals surface area contributed by atoms with Gasteiger partial charge >= 0.3 is 0 Å². The van der Waals surface area contributed by atoms with Gasteiger partial charge in [0.25, 0.3) is 0 Å². The van der Waals surface area contributed by atoms with Gasteiger partial charge in [-0.3, -0.25) is 0 Å². The van der Waals surface area contributed by atoms with E-state index < -0.39 is 12.1 Å². The van der Waals surface area contributed by atoms with Gasteiger partial charge in [-0.1, -0.05) is 83.6 Å². The molecular formula is C26H38FNO2. The van der Waals surface area contributed by atoms with Crippen LogP contribution in [0.4, 0.5) is 4.39 Å². The van der Waals surface area contributed by atoms with Gasteiger partial charge in [-0.2, -0.15) is 5.26 Å². The number of rotatable bonds is 10. The minimum Gasteiger partial charge on any atom is -0.348 e. The summed E-state index contributed by atoms with van der Waals surface area (Å²) in [7, 11) is 0. The van der Waals surface area contributed by atoms with E-state index in [0.717, 1.165) is 18.3 Å². The standard InChI is InChI=1S/C26H38FNO2/c1-2-3-4-5-6-7-20-8-10-21(11-9-20)12-13-22-18-29-26(30-19-22)23-14-15-24(17-28)25(27)16-23/h14-16,20-22,26H,2-13,18-19H2,1H3/t20-,21-,22-,26-. The van der Waals surface area contributed by atoms with Crippen LogP contribution in [0, 0.1) is 34.9 Å². The summed E-state index contributed by atoms with van der Waals surface area (Å²) in [5, 5.41) is 8.85. The zero-order valence-electron chi connectivity index (χ0n) is 18.6. The number of hydrogen-bond donors (Lipinski definition) is 0. The van der Waals surface area contributed by atoms with E-state index in [1.54, 1.807) is 6.07 Å². The molecule has 4 heteroatoms. The Morgan fingerprint density at radius 2 is 1.53 bits per heavy atom. The fraction of sp³-hybridized carbons (Fsp3) is 0.731. The van der Waals surface area contributed by atoms with Crippen molar-refractivity contribution < 1.29 is 13.9 Å². The molecule has 3 nitrogen and oxygen atoms in total. The Morgan fingerprint density at radius 1 is 0.900 bits per heavy atom. The van der Waals surface area contributed by atoms with Crippen LogP contribution >= 0.6 is 0 Å². The van der Waals surface area contributed by atoms with E-state index in [2.05, 4.69) is 6.92 Å². The second-order valence-electron chi connectivity index (χ2n) is 9.38. The molecule has 1 aliphatic heterocycles. The molecule has 0 amide bonds. The minimum atomic E-state index is -0.517. The highest BCUT2D eigenvalue weighted by atomic mass is 19.1. The average Bonchev–Trinajstić information content (AvgIpc) is 2.78. The summed E-state index contributed by atoms with van der Waals surface area (Å²) >= 11 is 0. The first kappa shape index (κ1) is 23.2. The van der Waals surface area contributed by atoms with E-state index >= 15 is 0 Å². The van der Waals surface area contributed by atoms with E-state index in [-0.39, 0.29) is 5.56 Å². The molecule has 1 heterocycles. The fourth-order valence-corrected chi connectivity index (χ4v) is 4.99. The Balaban J connectivity index is 1.29. The van der Waals surface area contributed by atoms with Crippen molar-refractivity contribution >= 4 is 0 Å². The lowest BCUT2D eigenvalue weighted by Gasteiger charge is -2.32. The molecule has 1 saturated carbocycles. The molecule has 0 spiro atoms. The molecule has 166 valence electrons. The summed E-state index contributed by atoms with van der Waals surface area (Å²) in [6.45, 7) is 3.61. The molecule has 0 unspecified atom stereocenters. The van der Waals surface area contributed by atoms with Gasteiger partial charge in [0.15, 0.2) is 6.29 Å². The topological polar surface area (TPSA) is 42.2 Å². The highest BCUT2D eigenvalue weighted by molar-refractivity contribution is 5.33. The van der Waals surface area contributed by atoms with Crippen LogP contribution in [0.3, 0.4) is 0 Å². The first-order chi connectivity index (χ1) is 14.7. The van der Waals surface area contributed by atoms with Crippen LogP contribution in [-0.2, 0) is 9.47 Å². The lowest BCUT2D eigenvalue weighted by molar-refractivity contribution is -0.206. The zero-order valence-corrected chi connectivity index (χ0v) is 18.6. The number of nitriles is 1. The van der Waals surface area contributed by atoms with Gasteiger partial charge in [-0.15, -0.1) is 0 Å². The van der Waals surface area contributed by atoms with Crippen molar-refractivity contribution in [3.05, 3.63) is 35.1 Å². The predicted octanol–water partition coefficient (Wildman–Crippen LogP) is 7.31. The van der Waals surface area contributed by atoms with Crippen molar-refractivity contribution in [2.75, 3.05) is 13.2 Å². The van der Waals surface area contributed by atoms with E-state index in [9.17, 15) is 4.39 Å². The predicted molar refractivity (Wildman–Crippen MR) is 117 cm³/mol. The molecule has 0 atom stereocenters. The van der Waals surface area contributed by atoms with Crippen LogP contribution in [0.1, 0.15) is 101 Å². The lowest BCUT2D eigenvalue weighted by Crippen LogP contribution is -2.28. The Bertz CT molecular complexity index is 670. The molecule has 30 heavy (non-hydrogen) atoms. The Morgan fingerprint density at radius 3 is 2.17 bits per heavy atom. The van der Waals surface area contributed by atoms with E-state index in [1.165, 1.54) is 82.8 Å². The molecule has 2 aliphatic rings. The van der Waals surface area contributed by atoms with E-state index in [1.807, 2.05) is 6.07 Å². The smallest absolute Gasteiger partial charge is 0.183 e.